The van der Waals surface area contributed by atoms with E-state index in [1.807, 2.05) is 12.1 Å². The topological polar surface area (TPSA) is 0 Å². The molecule has 0 atom stereocenters. The molecule has 0 N–H and O–H groups in total. The van der Waals surface area contributed by atoms with Gasteiger partial charge in [0.1, 0.15) is 0 Å². The van der Waals surface area contributed by atoms with E-state index in [2.05, 4.69) is 31.9 Å². The lowest BCUT2D eigenvalue weighted by atomic mass is 10.2. The van der Waals surface area contributed by atoms with E-state index in [0.29, 0.717) is 0 Å². The maximum absolute atomic E-state index is 5.92. The standard InChI is InChI=1S/C8H2Br2Cl2S2/c9-7-3(1-5(11)13-7)4-2-6(12)14-8(4)10/h1-2H. The average molecular weight is 393 g/mol. The van der Waals surface area contributed by atoms with Crippen LogP contribution in [0.2, 0.25) is 8.67 Å². The van der Waals surface area contributed by atoms with Gasteiger partial charge in [0.2, 0.25) is 0 Å². The Labute approximate surface area is 116 Å². The zero-order valence-electron chi connectivity index (χ0n) is 6.48. The first-order valence-corrected chi connectivity index (χ1v) is 7.45. The van der Waals surface area contributed by atoms with Crippen molar-refractivity contribution in [2.75, 3.05) is 0 Å². The maximum atomic E-state index is 5.92. The Morgan fingerprint density at radius 1 is 0.857 bits per heavy atom. The van der Waals surface area contributed by atoms with E-state index in [1.165, 1.54) is 22.7 Å². The fourth-order valence-corrected chi connectivity index (χ4v) is 5.24. The van der Waals surface area contributed by atoms with Crippen molar-refractivity contribution in [1.82, 2.24) is 0 Å². The summed E-state index contributed by atoms with van der Waals surface area (Å²) in [5, 5.41) is 0. The van der Waals surface area contributed by atoms with Gasteiger partial charge < -0.3 is 0 Å². The lowest BCUT2D eigenvalue weighted by Gasteiger charge is -1.94. The molecule has 0 saturated carbocycles. The normalized spacial score (nSPS) is 10.9. The SMILES string of the molecule is Clc1cc(-c2cc(Cl)sc2Br)c(Br)s1. The van der Waals surface area contributed by atoms with Crippen molar-refractivity contribution in [2.24, 2.45) is 0 Å². The van der Waals surface area contributed by atoms with Gasteiger partial charge >= 0.3 is 0 Å². The number of thiophene rings is 2. The van der Waals surface area contributed by atoms with E-state index in [9.17, 15) is 0 Å². The molecule has 14 heavy (non-hydrogen) atoms. The van der Waals surface area contributed by atoms with Crippen LogP contribution in [0.25, 0.3) is 11.1 Å². The largest absolute Gasteiger partial charge is 0.116 e. The van der Waals surface area contributed by atoms with Crippen molar-refractivity contribution in [3.63, 3.8) is 0 Å². The maximum Gasteiger partial charge on any atom is 0.0946 e. The second-order valence-corrected chi connectivity index (χ2v) is 8.48. The highest BCUT2D eigenvalue weighted by atomic mass is 79.9. The van der Waals surface area contributed by atoms with Crippen LogP contribution in [0.3, 0.4) is 0 Å². The van der Waals surface area contributed by atoms with E-state index in [4.69, 9.17) is 23.2 Å². The van der Waals surface area contributed by atoms with E-state index in [0.717, 1.165) is 27.4 Å². The monoisotopic (exact) mass is 390 g/mol. The summed E-state index contributed by atoms with van der Waals surface area (Å²) < 4.78 is 3.58. The Bertz CT molecular complexity index is 431. The minimum atomic E-state index is 0.765. The Morgan fingerprint density at radius 3 is 1.43 bits per heavy atom. The van der Waals surface area contributed by atoms with Gasteiger partial charge in [0.25, 0.3) is 0 Å². The van der Waals surface area contributed by atoms with Gasteiger partial charge in [-0.05, 0) is 44.0 Å². The summed E-state index contributed by atoms with van der Waals surface area (Å²) in [6.07, 6.45) is 0. The third-order valence-corrected chi connectivity index (χ3v) is 5.53. The molecule has 2 aromatic heterocycles. The highest BCUT2D eigenvalue weighted by molar-refractivity contribution is 9.11. The zero-order valence-corrected chi connectivity index (χ0v) is 12.8. The first-order valence-electron chi connectivity index (χ1n) is 3.48. The number of rotatable bonds is 1. The van der Waals surface area contributed by atoms with Crippen LogP contribution in [0.1, 0.15) is 0 Å². The van der Waals surface area contributed by atoms with Crippen molar-refractivity contribution < 1.29 is 0 Å². The van der Waals surface area contributed by atoms with Gasteiger partial charge in [-0.15, -0.1) is 22.7 Å². The summed E-state index contributed by atoms with van der Waals surface area (Å²) in [6, 6.07) is 3.86. The number of hydrogen-bond acceptors (Lipinski definition) is 2. The Morgan fingerprint density at radius 2 is 1.21 bits per heavy atom. The summed E-state index contributed by atoms with van der Waals surface area (Å²) in [4.78, 5) is 0. The Balaban J connectivity index is 2.59. The molecule has 0 aromatic carbocycles. The molecule has 6 heteroatoms. The van der Waals surface area contributed by atoms with Crippen molar-refractivity contribution >= 4 is 77.7 Å². The first kappa shape index (κ1) is 11.4. The number of halogens is 4. The molecule has 0 spiro atoms. The number of hydrogen-bond donors (Lipinski definition) is 0. The molecule has 0 amide bonds. The summed E-state index contributed by atoms with van der Waals surface area (Å²) in [7, 11) is 0. The molecule has 2 rings (SSSR count). The minimum absolute atomic E-state index is 0.765. The molecule has 0 unspecified atom stereocenters. The first-order chi connectivity index (χ1) is 6.58. The van der Waals surface area contributed by atoms with Gasteiger partial charge in [-0.25, -0.2) is 0 Å². The highest BCUT2D eigenvalue weighted by Gasteiger charge is 2.13. The van der Waals surface area contributed by atoms with E-state index >= 15 is 0 Å². The fraction of sp³-hybridized carbons (Fsp3) is 0. The third-order valence-electron chi connectivity index (χ3n) is 1.60. The molecule has 0 aliphatic rings. The molecular weight excluding hydrogens is 391 g/mol. The van der Waals surface area contributed by atoms with Gasteiger partial charge in [0.15, 0.2) is 0 Å². The van der Waals surface area contributed by atoms with Crippen LogP contribution in [-0.2, 0) is 0 Å². The van der Waals surface area contributed by atoms with Gasteiger partial charge in [-0.1, -0.05) is 23.2 Å². The average Bonchev–Trinajstić information content (AvgIpc) is 2.55. The van der Waals surface area contributed by atoms with Crippen LogP contribution in [0.5, 0.6) is 0 Å². The summed E-state index contributed by atoms with van der Waals surface area (Å²) in [5.41, 5.74) is 2.16. The Kier molecular flexibility index (Phi) is 3.62. The molecule has 0 bridgehead atoms. The van der Waals surface area contributed by atoms with E-state index in [-0.39, 0.29) is 0 Å². The predicted octanol–water partition coefficient (Wildman–Crippen LogP) is 6.31. The fourth-order valence-electron chi connectivity index (χ4n) is 1.05. The lowest BCUT2D eigenvalue weighted by Crippen LogP contribution is -1.68. The molecular formula is C8H2Br2Cl2S2. The molecule has 0 nitrogen and oxygen atoms in total. The molecule has 0 radical (unpaired) electrons. The van der Waals surface area contributed by atoms with Crippen molar-refractivity contribution in [3.05, 3.63) is 28.4 Å². The highest BCUT2D eigenvalue weighted by Crippen LogP contribution is 2.45. The third kappa shape index (κ3) is 2.20. The van der Waals surface area contributed by atoms with Crippen LogP contribution < -0.4 is 0 Å². The predicted molar refractivity (Wildman–Crippen MR) is 73.1 cm³/mol. The lowest BCUT2D eigenvalue weighted by molar-refractivity contribution is 1.78. The van der Waals surface area contributed by atoms with E-state index in [1.54, 1.807) is 0 Å². The van der Waals surface area contributed by atoms with Crippen molar-refractivity contribution in [1.29, 1.82) is 0 Å². The summed E-state index contributed by atoms with van der Waals surface area (Å²) in [5.74, 6) is 0. The smallest absolute Gasteiger partial charge is 0.0946 e. The van der Waals surface area contributed by atoms with Gasteiger partial charge in [-0.2, -0.15) is 0 Å². The van der Waals surface area contributed by atoms with Crippen LogP contribution in [0.15, 0.2) is 19.7 Å². The van der Waals surface area contributed by atoms with Crippen LogP contribution in [0, 0.1) is 0 Å². The quantitative estimate of drug-likeness (QED) is 0.533. The van der Waals surface area contributed by atoms with E-state index < -0.39 is 0 Å². The molecule has 2 heterocycles. The van der Waals surface area contributed by atoms with Gasteiger partial charge in [0.05, 0.1) is 16.2 Å². The Hall–Kier alpha value is 0.940. The summed E-state index contributed by atoms with van der Waals surface area (Å²) >= 11 is 21.8. The minimum Gasteiger partial charge on any atom is -0.116 e. The second-order valence-electron chi connectivity index (χ2n) is 2.48. The van der Waals surface area contributed by atoms with Crippen LogP contribution in [-0.4, -0.2) is 0 Å². The van der Waals surface area contributed by atoms with Crippen molar-refractivity contribution in [2.45, 2.75) is 0 Å². The van der Waals surface area contributed by atoms with Crippen molar-refractivity contribution in [3.8, 4) is 11.1 Å². The molecule has 0 aliphatic heterocycles. The molecule has 0 fully saturated rings. The molecule has 0 saturated heterocycles. The molecule has 0 aliphatic carbocycles. The molecule has 2 aromatic rings. The summed E-state index contributed by atoms with van der Waals surface area (Å²) in [6.45, 7) is 0. The second kappa shape index (κ2) is 4.44. The van der Waals surface area contributed by atoms with Crippen LogP contribution >= 0.6 is 77.7 Å². The zero-order chi connectivity index (χ0) is 10.3. The molecule has 74 valence electrons. The van der Waals surface area contributed by atoms with Crippen LogP contribution in [0.4, 0.5) is 0 Å². The van der Waals surface area contributed by atoms with Gasteiger partial charge in [-0.3, -0.25) is 0 Å². The van der Waals surface area contributed by atoms with Gasteiger partial charge in [0, 0.05) is 11.1 Å².